The van der Waals surface area contributed by atoms with E-state index in [1.165, 1.54) is 11.1 Å². The first kappa shape index (κ1) is 7.84. The largest absolute Gasteiger partial charge is 0.330 e. The minimum absolute atomic E-state index is 0.386. The second kappa shape index (κ2) is 2.92. The zero-order chi connectivity index (χ0) is 8.55. The minimum Gasteiger partial charge on any atom is -0.330 e. The molecule has 2 heteroatoms. The molecule has 0 saturated carbocycles. The fourth-order valence-corrected chi connectivity index (χ4v) is 1.74. The fourth-order valence-electron chi connectivity index (χ4n) is 1.56. The van der Waals surface area contributed by atoms with Crippen molar-refractivity contribution in [1.82, 2.24) is 0 Å². The lowest BCUT2D eigenvalue weighted by Gasteiger charge is -2.06. The molecule has 2 N–H and O–H groups in total. The highest BCUT2D eigenvalue weighted by Gasteiger charge is 2.14. The molecule has 1 aliphatic rings. The molecule has 0 saturated heterocycles. The van der Waals surface area contributed by atoms with Gasteiger partial charge in [0, 0.05) is 17.5 Å². The van der Waals surface area contributed by atoms with Crippen LogP contribution >= 0.6 is 11.6 Å². The maximum Gasteiger partial charge on any atom is 0.0412 e. The summed E-state index contributed by atoms with van der Waals surface area (Å²) in [4.78, 5) is 0. The molecule has 2 rings (SSSR count). The predicted octanol–water partition coefficient (Wildman–Crippen LogP) is 2.41. The van der Waals surface area contributed by atoms with Crippen molar-refractivity contribution in [2.75, 3.05) is 6.54 Å². The van der Waals surface area contributed by atoms with Crippen molar-refractivity contribution in [3.8, 4) is 0 Å². The van der Waals surface area contributed by atoms with Crippen LogP contribution in [0.4, 0.5) is 0 Å². The molecule has 0 aromatic heterocycles. The van der Waals surface area contributed by atoms with E-state index in [9.17, 15) is 0 Å². The number of nitrogens with two attached hydrogens (primary N) is 1. The molecular weight excluding hydrogens is 170 g/mol. The van der Waals surface area contributed by atoms with Crippen LogP contribution in [0.2, 0.25) is 5.02 Å². The normalized spacial score (nSPS) is 19.7. The molecule has 0 bridgehead atoms. The topological polar surface area (TPSA) is 26.0 Å². The standard InChI is InChI=1S/C10H10ClN/c11-9-3-4-10-7(5-9)1-2-8(10)6-12/h1-5,8H,6,12H2. The third-order valence-corrected chi connectivity index (χ3v) is 2.45. The lowest BCUT2D eigenvalue weighted by molar-refractivity contribution is 0.863. The Balaban J connectivity index is 2.47. The molecule has 0 amide bonds. The SMILES string of the molecule is NCC1C=Cc2cc(Cl)ccc21. The van der Waals surface area contributed by atoms with Crippen LogP contribution in [0.15, 0.2) is 24.3 Å². The van der Waals surface area contributed by atoms with Gasteiger partial charge in [-0.2, -0.15) is 0 Å². The molecule has 0 spiro atoms. The lowest BCUT2D eigenvalue weighted by Crippen LogP contribution is -2.08. The fraction of sp³-hybridized carbons (Fsp3) is 0.200. The molecule has 1 aromatic carbocycles. The van der Waals surface area contributed by atoms with Gasteiger partial charge in [-0.25, -0.2) is 0 Å². The van der Waals surface area contributed by atoms with Crippen LogP contribution in [0.5, 0.6) is 0 Å². The van der Waals surface area contributed by atoms with Gasteiger partial charge in [-0.15, -0.1) is 0 Å². The van der Waals surface area contributed by atoms with E-state index in [1.54, 1.807) is 0 Å². The van der Waals surface area contributed by atoms with E-state index in [1.807, 2.05) is 12.1 Å². The summed E-state index contributed by atoms with van der Waals surface area (Å²) in [5, 5.41) is 0.788. The van der Waals surface area contributed by atoms with E-state index >= 15 is 0 Å². The molecule has 0 aliphatic heterocycles. The number of hydrogen-bond acceptors (Lipinski definition) is 1. The molecule has 0 fully saturated rings. The smallest absolute Gasteiger partial charge is 0.0412 e. The lowest BCUT2D eigenvalue weighted by atomic mass is 10.0. The minimum atomic E-state index is 0.386. The van der Waals surface area contributed by atoms with E-state index in [-0.39, 0.29) is 0 Å². The average Bonchev–Trinajstić information content (AvgIpc) is 2.46. The maximum absolute atomic E-state index is 5.85. The van der Waals surface area contributed by atoms with Gasteiger partial charge in [-0.1, -0.05) is 29.8 Å². The highest BCUT2D eigenvalue weighted by molar-refractivity contribution is 6.30. The van der Waals surface area contributed by atoms with E-state index in [4.69, 9.17) is 17.3 Å². The van der Waals surface area contributed by atoms with Gasteiger partial charge < -0.3 is 5.73 Å². The molecule has 0 radical (unpaired) electrons. The van der Waals surface area contributed by atoms with E-state index < -0.39 is 0 Å². The second-order valence-electron chi connectivity index (χ2n) is 2.97. The van der Waals surface area contributed by atoms with Crippen LogP contribution in [0, 0.1) is 0 Å². The molecule has 1 atom stereocenters. The summed E-state index contributed by atoms with van der Waals surface area (Å²) in [6, 6.07) is 5.94. The molecular formula is C10H10ClN. The summed E-state index contributed by atoms with van der Waals surface area (Å²) in [6.07, 6.45) is 4.21. The second-order valence-corrected chi connectivity index (χ2v) is 3.41. The van der Waals surface area contributed by atoms with Gasteiger partial charge in [0.15, 0.2) is 0 Å². The van der Waals surface area contributed by atoms with Crippen molar-refractivity contribution in [1.29, 1.82) is 0 Å². The van der Waals surface area contributed by atoms with Crippen molar-refractivity contribution in [2.24, 2.45) is 5.73 Å². The molecule has 12 heavy (non-hydrogen) atoms. The van der Waals surface area contributed by atoms with Crippen LogP contribution in [0.1, 0.15) is 17.0 Å². The monoisotopic (exact) mass is 179 g/mol. The number of benzene rings is 1. The Hall–Kier alpha value is -0.790. The first-order chi connectivity index (χ1) is 5.81. The van der Waals surface area contributed by atoms with Gasteiger partial charge in [-0.3, -0.25) is 0 Å². The Labute approximate surface area is 76.8 Å². The summed E-state index contributed by atoms with van der Waals surface area (Å²) >= 11 is 5.85. The van der Waals surface area contributed by atoms with E-state index in [0.717, 1.165) is 5.02 Å². The average molecular weight is 180 g/mol. The summed E-state index contributed by atoms with van der Waals surface area (Å²) < 4.78 is 0. The highest BCUT2D eigenvalue weighted by atomic mass is 35.5. The van der Waals surface area contributed by atoms with Crippen molar-refractivity contribution in [2.45, 2.75) is 5.92 Å². The molecule has 1 aliphatic carbocycles. The van der Waals surface area contributed by atoms with Gasteiger partial charge in [0.1, 0.15) is 0 Å². The first-order valence-electron chi connectivity index (χ1n) is 3.99. The van der Waals surface area contributed by atoms with Crippen molar-refractivity contribution in [3.63, 3.8) is 0 Å². The van der Waals surface area contributed by atoms with Crippen molar-refractivity contribution < 1.29 is 0 Å². The molecule has 1 nitrogen and oxygen atoms in total. The Morgan fingerprint density at radius 2 is 2.25 bits per heavy atom. The van der Waals surface area contributed by atoms with Crippen LogP contribution in [-0.2, 0) is 0 Å². The number of halogens is 1. The summed E-state index contributed by atoms with van der Waals surface area (Å²) in [7, 11) is 0. The first-order valence-corrected chi connectivity index (χ1v) is 4.37. The molecule has 1 unspecified atom stereocenters. The Morgan fingerprint density at radius 3 is 3.00 bits per heavy atom. The highest BCUT2D eigenvalue weighted by Crippen LogP contribution is 2.30. The molecule has 1 aromatic rings. The van der Waals surface area contributed by atoms with Crippen LogP contribution in [-0.4, -0.2) is 6.54 Å². The van der Waals surface area contributed by atoms with Gasteiger partial charge in [0.2, 0.25) is 0 Å². The van der Waals surface area contributed by atoms with Crippen LogP contribution in [0.3, 0.4) is 0 Å². The molecule has 0 heterocycles. The maximum atomic E-state index is 5.85. The molecule has 62 valence electrons. The van der Waals surface area contributed by atoms with Gasteiger partial charge in [-0.05, 0) is 23.3 Å². The third kappa shape index (κ3) is 1.15. The van der Waals surface area contributed by atoms with Gasteiger partial charge in [0.05, 0.1) is 0 Å². The van der Waals surface area contributed by atoms with Crippen molar-refractivity contribution in [3.05, 3.63) is 40.4 Å². The van der Waals surface area contributed by atoms with Crippen LogP contribution < -0.4 is 5.73 Å². The van der Waals surface area contributed by atoms with Crippen LogP contribution in [0.25, 0.3) is 6.08 Å². The zero-order valence-corrected chi connectivity index (χ0v) is 7.38. The number of rotatable bonds is 1. The van der Waals surface area contributed by atoms with E-state index in [0.29, 0.717) is 12.5 Å². The quantitative estimate of drug-likeness (QED) is 0.704. The third-order valence-electron chi connectivity index (χ3n) is 2.21. The zero-order valence-electron chi connectivity index (χ0n) is 6.63. The number of fused-ring (bicyclic) bond motifs is 1. The number of hydrogen-bond donors (Lipinski definition) is 1. The Kier molecular flexibility index (Phi) is 1.91. The van der Waals surface area contributed by atoms with E-state index in [2.05, 4.69) is 18.2 Å². The Bertz CT molecular complexity index is 331. The van der Waals surface area contributed by atoms with Gasteiger partial charge in [0.25, 0.3) is 0 Å². The predicted molar refractivity (Wildman–Crippen MR) is 52.3 cm³/mol. The summed E-state index contributed by atoms with van der Waals surface area (Å²) in [6.45, 7) is 0.672. The summed E-state index contributed by atoms with van der Waals surface area (Å²) in [5.41, 5.74) is 8.10. The summed E-state index contributed by atoms with van der Waals surface area (Å²) in [5.74, 6) is 0.386. The van der Waals surface area contributed by atoms with Gasteiger partial charge >= 0.3 is 0 Å². The Morgan fingerprint density at radius 1 is 1.42 bits per heavy atom. The van der Waals surface area contributed by atoms with Crippen molar-refractivity contribution >= 4 is 17.7 Å².